The van der Waals surface area contributed by atoms with E-state index in [4.69, 9.17) is 0 Å². The highest BCUT2D eigenvalue weighted by Gasteiger charge is 2.14. The molecule has 4 heteroatoms. The summed E-state index contributed by atoms with van der Waals surface area (Å²) >= 11 is 0. The Hall–Kier alpha value is -1.32. The zero-order valence-corrected chi connectivity index (χ0v) is 10.9. The average Bonchev–Trinajstić information content (AvgIpc) is 2.30. The van der Waals surface area contributed by atoms with Gasteiger partial charge in [-0.1, -0.05) is 6.92 Å². The lowest BCUT2D eigenvalue weighted by Crippen LogP contribution is -2.29. The zero-order chi connectivity index (χ0) is 12.1. The van der Waals surface area contributed by atoms with Gasteiger partial charge in [-0.2, -0.15) is 0 Å². The van der Waals surface area contributed by atoms with E-state index in [1.54, 1.807) is 6.33 Å². The number of anilines is 2. The highest BCUT2D eigenvalue weighted by atomic mass is 15.2. The summed E-state index contributed by atoms with van der Waals surface area (Å²) in [6.07, 6.45) is 2.73. The van der Waals surface area contributed by atoms with E-state index in [1.807, 2.05) is 0 Å². The number of hydrogen-bond acceptors (Lipinski definition) is 4. The van der Waals surface area contributed by atoms with Crippen molar-refractivity contribution in [3.63, 3.8) is 0 Å². The SMILES string of the molecule is CCNc1ncnc(N(C)C(C)CC)c1C. The van der Waals surface area contributed by atoms with Crippen molar-refractivity contribution in [3.05, 3.63) is 11.9 Å². The fraction of sp³-hybridized carbons (Fsp3) is 0.667. The lowest BCUT2D eigenvalue weighted by molar-refractivity contribution is 0.654. The number of nitrogens with zero attached hydrogens (tertiary/aromatic N) is 3. The third kappa shape index (κ3) is 2.62. The van der Waals surface area contributed by atoms with Crippen LogP contribution in [0.4, 0.5) is 11.6 Å². The molecule has 1 heterocycles. The molecule has 1 rings (SSSR count). The Bertz CT molecular complexity index is 338. The van der Waals surface area contributed by atoms with Crippen LogP contribution < -0.4 is 10.2 Å². The Balaban J connectivity index is 3.00. The van der Waals surface area contributed by atoms with E-state index in [0.29, 0.717) is 6.04 Å². The normalized spacial score (nSPS) is 12.3. The molecule has 0 aliphatic heterocycles. The van der Waals surface area contributed by atoms with E-state index in [9.17, 15) is 0 Å². The van der Waals surface area contributed by atoms with Gasteiger partial charge in [0.1, 0.15) is 18.0 Å². The van der Waals surface area contributed by atoms with Crippen molar-refractivity contribution in [2.45, 2.75) is 40.2 Å². The van der Waals surface area contributed by atoms with Crippen LogP contribution in [0.15, 0.2) is 6.33 Å². The summed E-state index contributed by atoms with van der Waals surface area (Å²) < 4.78 is 0. The van der Waals surface area contributed by atoms with Gasteiger partial charge in [-0.25, -0.2) is 9.97 Å². The van der Waals surface area contributed by atoms with E-state index >= 15 is 0 Å². The Labute approximate surface area is 98.1 Å². The standard InChI is InChI=1S/C12H22N4/c1-6-9(3)16(5)12-10(4)11(13-7-2)14-8-15-12/h8-9H,6-7H2,1-5H3,(H,13,14,15). The highest BCUT2D eigenvalue weighted by molar-refractivity contribution is 5.57. The molecule has 0 saturated carbocycles. The minimum Gasteiger partial charge on any atom is -0.370 e. The third-order valence-electron chi connectivity index (χ3n) is 2.99. The van der Waals surface area contributed by atoms with Crippen LogP contribution in [0.1, 0.15) is 32.8 Å². The van der Waals surface area contributed by atoms with Crippen LogP contribution in [0.25, 0.3) is 0 Å². The second-order valence-electron chi connectivity index (χ2n) is 4.07. The van der Waals surface area contributed by atoms with E-state index in [2.05, 4.69) is 54.9 Å². The first kappa shape index (κ1) is 12.7. The first-order valence-corrected chi connectivity index (χ1v) is 5.90. The van der Waals surface area contributed by atoms with Crippen molar-refractivity contribution < 1.29 is 0 Å². The highest BCUT2D eigenvalue weighted by Crippen LogP contribution is 2.23. The minimum atomic E-state index is 0.489. The quantitative estimate of drug-likeness (QED) is 0.831. The maximum atomic E-state index is 4.36. The summed E-state index contributed by atoms with van der Waals surface area (Å²) in [6.45, 7) is 9.40. The molecule has 1 atom stereocenters. The molecule has 1 aromatic rings. The Morgan fingerprint density at radius 2 is 2.06 bits per heavy atom. The van der Waals surface area contributed by atoms with Gasteiger partial charge in [0.25, 0.3) is 0 Å². The van der Waals surface area contributed by atoms with Gasteiger partial charge in [0, 0.05) is 25.2 Å². The molecule has 0 saturated heterocycles. The van der Waals surface area contributed by atoms with E-state index < -0.39 is 0 Å². The topological polar surface area (TPSA) is 41.1 Å². The summed E-state index contributed by atoms with van der Waals surface area (Å²) in [5.41, 5.74) is 1.12. The molecule has 0 spiro atoms. The van der Waals surface area contributed by atoms with E-state index in [1.165, 1.54) is 0 Å². The van der Waals surface area contributed by atoms with Gasteiger partial charge in [-0.05, 0) is 27.2 Å². The summed E-state index contributed by atoms with van der Waals surface area (Å²) in [6, 6.07) is 0.489. The summed E-state index contributed by atoms with van der Waals surface area (Å²) in [5, 5.41) is 3.25. The lowest BCUT2D eigenvalue weighted by atomic mass is 10.2. The summed E-state index contributed by atoms with van der Waals surface area (Å²) in [7, 11) is 2.08. The number of aromatic nitrogens is 2. The zero-order valence-electron chi connectivity index (χ0n) is 10.9. The second-order valence-corrected chi connectivity index (χ2v) is 4.07. The van der Waals surface area contributed by atoms with Gasteiger partial charge in [-0.3, -0.25) is 0 Å². The molecular formula is C12H22N4. The van der Waals surface area contributed by atoms with Crippen molar-refractivity contribution in [3.8, 4) is 0 Å². The van der Waals surface area contributed by atoms with Gasteiger partial charge < -0.3 is 10.2 Å². The summed E-state index contributed by atoms with van der Waals surface area (Å²) in [5.74, 6) is 1.95. The molecule has 16 heavy (non-hydrogen) atoms. The molecule has 0 aromatic carbocycles. The van der Waals surface area contributed by atoms with Crippen molar-refractivity contribution in [2.75, 3.05) is 23.8 Å². The van der Waals surface area contributed by atoms with Gasteiger partial charge >= 0.3 is 0 Å². The Morgan fingerprint density at radius 3 is 2.62 bits per heavy atom. The van der Waals surface area contributed by atoms with Gasteiger partial charge in [0.2, 0.25) is 0 Å². The van der Waals surface area contributed by atoms with Gasteiger partial charge in [-0.15, -0.1) is 0 Å². The molecule has 0 amide bonds. The van der Waals surface area contributed by atoms with Crippen molar-refractivity contribution in [1.82, 2.24) is 9.97 Å². The first-order chi connectivity index (χ1) is 7.61. The Morgan fingerprint density at radius 1 is 1.38 bits per heavy atom. The molecule has 1 unspecified atom stereocenters. The lowest BCUT2D eigenvalue weighted by Gasteiger charge is -2.26. The predicted octanol–water partition coefficient (Wildman–Crippen LogP) is 2.45. The molecule has 0 fully saturated rings. The van der Waals surface area contributed by atoms with Crippen LogP contribution in [-0.4, -0.2) is 29.6 Å². The van der Waals surface area contributed by atoms with Crippen molar-refractivity contribution in [2.24, 2.45) is 0 Å². The molecule has 0 bridgehead atoms. The van der Waals surface area contributed by atoms with Crippen LogP contribution in [0, 0.1) is 6.92 Å². The van der Waals surface area contributed by atoms with Crippen LogP contribution in [0.5, 0.6) is 0 Å². The third-order valence-corrected chi connectivity index (χ3v) is 2.99. The fourth-order valence-electron chi connectivity index (χ4n) is 1.62. The molecule has 1 N–H and O–H groups in total. The maximum Gasteiger partial charge on any atom is 0.137 e. The maximum absolute atomic E-state index is 4.36. The second kappa shape index (κ2) is 5.68. The predicted molar refractivity (Wildman–Crippen MR) is 69.1 cm³/mol. The van der Waals surface area contributed by atoms with Gasteiger partial charge in [0.15, 0.2) is 0 Å². The molecule has 0 radical (unpaired) electrons. The molecule has 0 aliphatic carbocycles. The monoisotopic (exact) mass is 222 g/mol. The molecular weight excluding hydrogens is 200 g/mol. The number of nitrogens with one attached hydrogen (secondary N) is 1. The van der Waals surface area contributed by atoms with E-state index in [-0.39, 0.29) is 0 Å². The molecule has 0 aliphatic rings. The smallest absolute Gasteiger partial charge is 0.137 e. The van der Waals surface area contributed by atoms with Crippen LogP contribution in [0.2, 0.25) is 0 Å². The van der Waals surface area contributed by atoms with Gasteiger partial charge in [0.05, 0.1) is 0 Å². The molecule has 90 valence electrons. The van der Waals surface area contributed by atoms with Crippen LogP contribution >= 0.6 is 0 Å². The van der Waals surface area contributed by atoms with Crippen molar-refractivity contribution in [1.29, 1.82) is 0 Å². The summed E-state index contributed by atoms with van der Waals surface area (Å²) in [4.78, 5) is 10.8. The van der Waals surface area contributed by atoms with E-state index in [0.717, 1.165) is 30.2 Å². The Kier molecular flexibility index (Phi) is 4.52. The average molecular weight is 222 g/mol. The minimum absolute atomic E-state index is 0.489. The molecule has 1 aromatic heterocycles. The van der Waals surface area contributed by atoms with Crippen LogP contribution in [0.3, 0.4) is 0 Å². The number of rotatable bonds is 5. The molecule has 4 nitrogen and oxygen atoms in total. The fourth-order valence-corrected chi connectivity index (χ4v) is 1.62. The first-order valence-electron chi connectivity index (χ1n) is 5.90. The van der Waals surface area contributed by atoms with Crippen LogP contribution in [-0.2, 0) is 0 Å². The largest absolute Gasteiger partial charge is 0.370 e. The number of hydrogen-bond donors (Lipinski definition) is 1. The van der Waals surface area contributed by atoms with Crippen molar-refractivity contribution >= 4 is 11.6 Å².